The number of para-hydroxylation sites is 1. The van der Waals surface area contributed by atoms with Crippen LogP contribution in [0.1, 0.15) is 10.4 Å². The maximum Gasteiger partial charge on any atom is 0.253 e. The molecule has 0 radical (unpaired) electrons. The average Bonchev–Trinajstić information content (AvgIpc) is 2.38. The van der Waals surface area contributed by atoms with Gasteiger partial charge >= 0.3 is 0 Å². The highest BCUT2D eigenvalue weighted by Crippen LogP contribution is 2.38. The molecule has 0 bridgehead atoms. The standard InChI is InChI=1S/C15H19N2O3P/c1-4-8-16-14-12(15(18)17-11-9-20-10-11)6-5-7-13(14)21(2,3)19/h1,5-7,11,16H,8-10H2,2-3H3,(H,17,18). The summed E-state index contributed by atoms with van der Waals surface area (Å²) in [5, 5.41) is 6.55. The summed E-state index contributed by atoms with van der Waals surface area (Å²) in [5.74, 6) is 2.26. The third kappa shape index (κ3) is 3.66. The summed E-state index contributed by atoms with van der Waals surface area (Å²) in [7, 11) is -2.53. The highest BCUT2D eigenvalue weighted by molar-refractivity contribution is 7.70. The topological polar surface area (TPSA) is 67.4 Å². The molecular weight excluding hydrogens is 287 g/mol. The lowest BCUT2D eigenvalue weighted by Crippen LogP contribution is -2.48. The van der Waals surface area contributed by atoms with Crippen LogP contribution < -0.4 is 15.9 Å². The number of nitrogens with one attached hydrogen (secondary N) is 2. The molecule has 0 spiro atoms. The Balaban J connectivity index is 2.36. The molecular formula is C15H19N2O3P. The van der Waals surface area contributed by atoms with Crippen LogP contribution in [0.15, 0.2) is 18.2 Å². The second-order valence-electron chi connectivity index (χ2n) is 5.32. The number of hydrogen-bond donors (Lipinski definition) is 2. The van der Waals surface area contributed by atoms with Crippen LogP contribution in [0.5, 0.6) is 0 Å². The van der Waals surface area contributed by atoms with Gasteiger partial charge in [-0.05, 0) is 25.5 Å². The molecule has 1 aliphatic heterocycles. The molecule has 0 unspecified atom stereocenters. The van der Waals surface area contributed by atoms with Crippen molar-refractivity contribution in [1.82, 2.24) is 5.32 Å². The molecule has 0 saturated carbocycles. The van der Waals surface area contributed by atoms with Crippen molar-refractivity contribution >= 4 is 24.0 Å². The Morgan fingerprint density at radius 2 is 2.19 bits per heavy atom. The first-order valence-electron chi connectivity index (χ1n) is 6.68. The molecule has 2 N–H and O–H groups in total. The Morgan fingerprint density at radius 1 is 1.48 bits per heavy atom. The summed E-state index contributed by atoms with van der Waals surface area (Å²) in [6.45, 7) is 4.66. The molecule has 1 aliphatic rings. The maximum absolute atomic E-state index is 12.4. The van der Waals surface area contributed by atoms with E-state index in [-0.39, 0.29) is 18.5 Å². The fourth-order valence-electron chi connectivity index (χ4n) is 2.09. The van der Waals surface area contributed by atoms with Crippen molar-refractivity contribution in [2.24, 2.45) is 0 Å². The number of ether oxygens (including phenoxy) is 1. The first-order chi connectivity index (χ1) is 9.93. The smallest absolute Gasteiger partial charge is 0.253 e. The van der Waals surface area contributed by atoms with Gasteiger partial charge in [-0.2, -0.15) is 0 Å². The van der Waals surface area contributed by atoms with Gasteiger partial charge in [0.05, 0.1) is 37.1 Å². The van der Waals surface area contributed by atoms with Crippen LogP contribution in [0.4, 0.5) is 5.69 Å². The Labute approximate surface area is 124 Å². The molecule has 5 nitrogen and oxygen atoms in total. The van der Waals surface area contributed by atoms with Crippen LogP contribution in [0.25, 0.3) is 0 Å². The van der Waals surface area contributed by atoms with E-state index in [1.54, 1.807) is 31.5 Å². The summed E-state index contributed by atoms with van der Waals surface area (Å²) in [6.07, 6.45) is 5.27. The van der Waals surface area contributed by atoms with Gasteiger partial charge in [-0.15, -0.1) is 6.42 Å². The van der Waals surface area contributed by atoms with Gasteiger partial charge in [-0.1, -0.05) is 12.0 Å². The van der Waals surface area contributed by atoms with E-state index < -0.39 is 7.14 Å². The zero-order valence-corrected chi connectivity index (χ0v) is 13.1. The molecule has 1 fully saturated rings. The SMILES string of the molecule is C#CCNc1c(C(=O)NC2COC2)cccc1P(C)(C)=O. The molecule has 1 saturated heterocycles. The molecule has 0 aliphatic carbocycles. The highest BCUT2D eigenvalue weighted by atomic mass is 31.2. The number of benzene rings is 1. The van der Waals surface area contributed by atoms with Crippen LogP contribution in [0.2, 0.25) is 0 Å². The van der Waals surface area contributed by atoms with Crippen molar-refractivity contribution in [2.75, 3.05) is 38.4 Å². The largest absolute Gasteiger partial charge is 0.377 e. The van der Waals surface area contributed by atoms with Crippen LogP contribution in [0.3, 0.4) is 0 Å². The Kier molecular flexibility index (Phi) is 4.72. The molecule has 1 heterocycles. The number of hydrogen-bond acceptors (Lipinski definition) is 4. The van der Waals surface area contributed by atoms with E-state index in [1.165, 1.54) is 0 Å². The lowest BCUT2D eigenvalue weighted by atomic mass is 10.1. The molecule has 1 aromatic rings. The van der Waals surface area contributed by atoms with E-state index in [1.807, 2.05) is 0 Å². The minimum atomic E-state index is -2.53. The van der Waals surface area contributed by atoms with Crippen LogP contribution in [-0.2, 0) is 9.30 Å². The zero-order valence-electron chi connectivity index (χ0n) is 12.2. The number of carbonyl (C=O) groups is 1. The number of terminal acetylenes is 1. The van der Waals surface area contributed by atoms with Gasteiger partial charge in [0.2, 0.25) is 0 Å². The highest BCUT2D eigenvalue weighted by Gasteiger charge is 2.25. The molecule has 6 heteroatoms. The van der Waals surface area contributed by atoms with Crippen molar-refractivity contribution in [3.63, 3.8) is 0 Å². The average molecular weight is 306 g/mol. The van der Waals surface area contributed by atoms with Gasteiger partial charge in [-0.3, -0.25) is 4.79 Å². The van der Waals surface area contributed by atoms with E-state index >= 15 is 0 Å². The number of amides is 1. The lowest BCUT2D eigenvalue weighted by molar-refractivity contribution is -0.00344. The molecule has 0 atom stereocenters. The van der Waals surface area contributed by atoms with Crippen LogP contribution in [0, 0.1) is 12.3 Å². The van der Waals surface area contributed by atoms with Gasteiger partial charge in [0.1, 0.15) is 7.14 Å². The second-order valence-corrected chi connectivity index (χ2v) is 8.50. The number of rotatable bonds is 5. The first kappa shape index (κ1) is 15.6. The predicted octanol–water partition coefficient (Wildman–Crippen LogP) is 1.11. The first-order valence-corrected chi connectivity index (χ1v) is 9.28. The van der Waals surface area contributed by atoms with E-state index in [0.29, 0.717) is 29.8 Å². The monoisotopic (exact) mass is 306 g/mol. The van der Waals surface area contributed by atoms with Crippen LogP contribution >= 0.6 is 7.14 Å². The third-order valence-electron chi connectivity index (χ3n) is 3.21. The summed E-state index contributed by atoms with van der Waals surface area (Å²) in [4.78, 5) is 12.4. The van der Waals surface area contributed by atoms with Crippen molar-refractivity contribution in [3.05, 3.63) is 23.8 Å². The molecule has 112 valence electrons. The molecule has 0 aromatic heterocycles. The fraction of sp³-hybridized carbons (Fsp3) is 0.400. The molecule has 2 rings (SSSR count). The molecule has 1 aromatic carbocycles. The third-order valence-corrected chi connectivity index (χ3v) is 4.74. The normalized spacial score (nSPS) is 14.9. The molecule has 21 heavy (non-hydrogen) atoms. The van der Waals surface area contributed by atoms with E-state index in [9.17, 15) is 9.36 Å². The Morgan fingerprint density at radius 3 is 2.71 bits per heavy atom. The van der Waals surface area contributed by atoms with Gasteiger partial charge in [0.25, 0.3) is 5.91 Å². The minimum Gasteiger partial charge on any atom is -0.377 e. The predicted molar refractivity (Wildman–Crippen MR) is 84.9 cm³/mol. The lowest BCUT2D eigenvalue weighted by Gasteiger charge is -2.27. The van der Waals surface area contributed by atoms with E-state index in [0.717, 1.165) is 0 Å². The number of carbonyl (C=O) groups excluding carboxylic acids is 1. The van der Waals surface area contributed by atoms with E-state index in [4.69, 9.17) is 11.2 Å². The zero-order chi connectivity index (χ0) is 15.5. The van der Waals surface area contributed by atoms with E-state index in [2.05, 4.69) is 16.6 Å². The maximum atomic E-state index is 12.4. The summed E-state index contributed by atoms with van der Waals surface area (Å²) in [6, 6.07) is 5.24. The van der Waals surface area contributed by atoms with Gasteiger partial charge < -0.3 is 19.9 Å². The minimum absolute atomic E-state index is 0.0386. The second kappa shape index (κ2) is 6.34. The van der Waals surface area contributed by atoms with Gasteiger partial charge in [-0.25, -0.2) is 0 Å². The van der Waals surface area contributed by atoms with Crippen molar-refractivity contribution < 1.29 is 14.1 Å². The van der Waals surface area contributed by atoms with Crippen LogP contribution in [-0.4, -0.2) is 45.0 Å². The van der Waals surface area contributed by atoms with Crippen molar-refractivity contribution in [1.29, 1.82) is 0 Å². The number of anilines is 1. The van der Waals surface area contributed by atoms with Crippen molar-refractivity contribution in [2.45, 2.75) is 6.04 Å². The van der Waals surface area contributed by atoms with Crippen molar-refractivity contribution in [3.8, 4) is 12.3 Å². The summed E-state index contributed by atoms with van der Waals surface area (Å²) >= 11 is 0. The summed E-state index contributed by atoms with van der Waals surface area (Å²) in [5.41, 5.74) is 1.01. The fourth-order valence-corrected chi connectivity index (χ4v) is 3.27. The Hall–Kier alpha value is -1.76. The quantitative estimate of drug-likeness (QED) is 0.632. The Bertz CT molecular complexity index is 626. The van der Waals surface area contributed by atoms with Gasteiger partial charge in [0.15, 0.2) is 0 Å². The summed E-state index contributed by atoms with van der Waals surface area (Å²) < 4.78 is 17.5. The van der Waals surface area contributed by atoms with Gasteiger partial charge in [0, 0.05) is 5.30 Å². The molecule has 1 amide bonds.